The smallest absolute Gasteiger partial charge is 0.268 e. The molecule has 2 heterocycles. The fourth-order valence-corrected chi connectivity index (χ4v) is 3.12. The molecule has 0 spiro atoms. The molecule has 118 valence electrons. The van der Waals surface area contributed by atoms with Gasteiger partial charge in [0.1, 0.15) is 11.4 Å². The minimum atomic E-state index is -0.131. The van der Waals surface area contributed by atoms with E-state index in [-0.39, 0.29) is 5.56 Å². The van der Waals surface area contributed by atoms with Crippen LogP contribution in [0.4, 0.5) is 0 Å². The number of H-pyrrole nitrogens is 2. The van der Waals surface area contributed by atoms with Crippen LogP contribution in [0.1, 0.15) is 19.3 Å². The van der Waals surface area contributed by atoms with Crippen molar-refractivity contribution in [2.75, 3.05) is 6.61 Å². The van der Waals surface area contributed by atoms with Crippen LogP contribution in [0, 0.1) is 10.7 Å². The first-order valence-corrected chi connectivity index (χ1v) is 8.19. The Morgan fingerprint density at radius 3 is 2.70 bits per heavy atom. The molecule has 1 aromatic carbocycles. The molecule has 0 amide bonds. The fraction of sp³-hybridized carbons (Fsp3) is 0.294. The van der Waals surface area contributed by atoms with Gasteiger partial charge in [0.15, 0.2) is 4.77 Å². The van der Waals surface area contributed by atoms with Gasteiger partial charge in [-0.25, -0.2) is 0 Å². The number of hydrogen-bond acceptors (Lipinski definition) is 3. The summed E-state index contributed by atoms with van der Waals surface area (Å²) in [6, 6.07) is 9.24. The van der Waals surface area contributed by atoms with Crippen LogP contribution in [0.5, 0.6) is 5.75 Å². The Labute approximate surface area is 137 Å². The number of fused-ring (bicyclic) bond motifs is 1. The first-order valence-electron chi connectivity index (χ1n) is 7.78. The SMILES string of the molecule is O=c1c2cc[nH]c2[nH]c(=S)n1-c1ccc(OCC2CCC2)cc1. The molecule has 1 fully saturated rings. The molecule has 2 aromatic heterocycles. The Kier molecular flexibility index (Phi) is 3.53. The van der Waals surface area contributed by atoms with Crippen LogP contribution in [0.25, 0.3) is 16.7 Å². The van der Waals surface area contributed by atoms with E-state index in [0.29, 0.717) is 21.7 Å². The lowest BCUT2D eigenvalue weighted by Gasteiger charge is -2.25. The summed E-state index contributed by atoms with van der Waals surface area (Å²) in [6.07, 6.45) is 5.56. The molecule has 0 saturated heterocycles. The van der Waals surface area contributed by atoms with Gasteiger partial charge in [0, 0.05) is 6.20 Å². The Morgan fingerprint density at radius 1 is 1.22 bits per heavy atom. The Bertz CT molecular complexity index is 948. The van der Waals surface area contributed by atoms with E-state index in [0.717, 1.165) is 18.0 Å². The predicted octanol–water partition coefficient (Wildman–Crippen LogP) is 3.56. The first kappa shape index (κ1) is 14.3. The van der Waals surface area contributed by atoms with Gasteiger partial charge >= 0.3 is 0 Å². The van der Waals surface area contributed by atoms with E-state index in [1.54, 1.807) is 12.3 Å². The van der Waals surface area contributed by atoms with Gasteiger partial charge < -0.3 is 14.7 Å². The fourth-order valence-electron chi connectivity index (χ4n) is 2.83. The van der Waals surface area contributed by atoms with Crippen molar-refractivity contribution in [3.63, 3.8) is 0 Å². The van der Waals surface area contributed by atoms with Gasteiger partial charge in [0.05, 0.1) is 17.7 Å². The second kappa shape index (κ2) is 5.70. The average molecular weight is 327 g/mol. The standard InChI is InChI=1S/C17H17N3O2S/c21-16-14-8-9-18-15(14)19-17(23)20(16)12-4-6-13(7-5-12)22-10-11-2-1-3-11/h4-9,11,18H,1-3,10H2,(H,19,23). The highest BCUT2D eigenvalue weighted by Gasteiger charge is 2.17. The molecule has 2 N–H and O–H groups in total. The van der Waals surface area contributed by atoms with Gasteiger partial charge in [0.25, 0.3) is 5.56 Å². The third-order valence-corrected chi connectivity index (χ3v) is 4.71. The molecule has 1 aliphatic carbocycles. The van der Waals surface area contributed by atoms with Crippen LogP contribution < -0.4 is 10.3 Å². The number of aromatic nitrogens is 3. The number of aromatic amines is 2. The highest BCUT2D eigenvalue weighted by Crippen LogP contribution is 2.27. The second-order valence-corrected chi connectivity index (χ2v) is 6.33. The Morgan fingerprint density at radius 2 is 2.00 bits per heavy atom. The second-order valence-electron chi connectivity index (χ2n) is 5.94. The summed E-state index contributed by atoms with van der Waals surface area (Å²) in [5.74, 6) is 1.52. The van der Waals surface area contributed by atoms with Crippen LogP contribution in [-0.4, -0.2) is 21.1 Å². The van der Waals surface area contributed by atoms with Crippen molar-refractivity contribution in [3.05, 3.63) is 51.7 Å². The third-order valence-electron chi connectivity index (χ3n) is 4.42. The molecular weight excluding hydrogens is 310 g/mol. The van der Waals surface area contributed by atoms with E-state index in [9.17, 15) is 4.79 Å². The normalized spacial score (nSPS) is 14.8. The molecule has 1 saturated carbocycles. The lowest BCUT2D eigenvalue weighted by molar-refractivity contribution is 0.180. The van der Waals surface area contributed by atoms with Gasteiger partial charge in [-0.15, -0.1) is 0 Å². The van der Waals surface area contributed by atoms with Crippen LogP contribution in [0.15, 0.2) is 41.3 Å². The molecule has 0 radical (unpaired) electrons. The summed E-state index contributed by atoms with van der Waals surface area (Å²) in [6.45, 7) is 0.772. The zero-order chi connectivity index (χ0) is 15.8. The lowest BCUT2D eigenvalue weighted by Crippen LogP contribution is -2.20. The molecule has 0 aliphatic heterocycles. The topological polar surface area (TPSA) is 62.8 Å². The van der Waals surface area contributed by atoms with Gasteiger partial charge in [-0.1, -0.05) is 6.42 Å². The van der Waals surface area contributed by atoms with Crippen molar-refractivity contribution in [2.24, 2.45) is 5.92 Å². The molecule has 23 heavy (non-hydrogen) atoms. The van der Waals surface area contributed by atoms with Crippen LogP contribution in [0.3, 0.4) is 0 Å². The van der Waals surface area contributed by atoms with Crippen molar-refractivity contribution in [3.8, 4) is 11.4 Å². The van der Waals surface area contributed by atoms with Crippen molar-refractivity contribution in [2.45, 2.75) is 19.3 Å². The Balaban J connectivity index is 1.65. The zero-order valence-corrected chi connectivity index (χ0v) is 13.4. The lowest BCUT2D eigenvalue weighted by atomic mass is 9.86. The van der Waals surface area contributed by atoms with E-state index in [1.165, 1.54) is 23.8 Å². The molecule has 5 nitrogen and oxygen atoms in total. The molecular formula is C17H17N3O2S. The summed E-state index contributed by atoms with van der Waals surface area (Å²) in [7, 11) is 0. The quantitative estimate of drug-likeness (QED) is 0.720. The van der Waals surface area contributed by atoms with E-state index in [1.807, 2.05) is 24.3 Å². The van der Waals surface area contributed by atoms with E-state index in [4.69, 9.17) is 17.0 Å². The molecule has 0 atom stereocenters. The molecule has 4 rings (SSSR count). The maximum atomic E-state index is 12.6. The van der Waals surface area contributed by atoms with E-state index in [2.05, 4.69) is 9.97 Å². The van der Waals surface area contributed by atoms with Gasteiger partial charge in [-0.2, -0.15) is 0 Å². The largest absolute Gasteiger partial charge is 0.493 e. The minimum absolute atomic E-state index is 0.131. The van der Waals surface area contributed by atoms with Crippen LogP contribution >= 0.6 is 12.2 Å². The van der Waals surface area contributed by atoms with Gasteiger partial charge in [0.2, 0.25) is 0 Å². The predicted molar refractivity (Wildman–Crippen MR) is 91.9 cm³/mol. The monoisotopic (exact) mass is 327 g/mol. The van der Waals surface area contributed by atoms with Gasteiger partial charge in [-0.3, -0.25) is 9.36 Å². The van der Waals surface area contributed by atoms with Crippen molar-refractivity contribution >= 4 is 23.3 Å². The number of hydrogen-bond donors (Lipinski definition) is 2. The molecule has 3 aromatic rings. The number of rotatable bonds is 4. The summed E-state index contributed by atoms with van der Waals surface area (Å²) in [4.78, 5) is 18.6. The Hall–Kier alpha value is -2.34. The summed E-state index contributed by atoms with van der Waals surface area (Å²) in [5.41, 5.74) is 1.25. The van der Waals surface area contributed by atoms with E-state index < -0.39 is 0 Å². The maximum Gasteiger partial charge on any atom is 0.268 e. The highest BCUT2D eigenvalue weighted by atomic mass is 32.1. The molecule has 0 bridgehead atoms. The summed E-state index contributed by atoms with van der Waals surface area (Å²) < 4.78 is 7.66. The van der Waals surface area contributed by atoms with Crippen LogP contribution in [0.2, 0.25) is 0 Å². The van der Waals surface area contributed by atoms with E-state index >= 15 is 0 Å². The molecule has 0 unspecified atom stereocenters. The first-order chi connectivity index (χ1) is 11.2. The van der Waals surface area contributed by atoms with Gasteiger partial charge in [-0.05, 0) is 61.3 Å². The highest BCUT2D eigenvalue weighted by molar-refractivity contribution is 7.71. The van der Waals surface area contributed by atoms with Crippen molar-refractivity contribution < 1.29 is 4.74 Å². The van der Waals surface area contributed by atoms with Crippen LogP contribution in [-0.2, 0) is 0 Å². The molecule has 1 aliphatic rings. The number of nitrogens with zero attached hydrogens (tertiary/aromatic N) is 1. The van der Waals surface area contributed by atoms with Crippen molar-refractivity contribution in [1.82, 2.24) is 14.5 Å². The molecule has 6 heteroatoms. The third kappa shape index (κ3) is 2.59. The number of nitrogens with one attached hydrogen (secondary N) is 2. The van der Waals surface area contributed by atoms with Crippen molar-refractivity contribution in [1.29, 1.82) is 0 Å². The number of benzene rings is 1. The average Bonchev–Trinajstić information content (AvgIpc) is 2.95. The minimum Gasteiger partial charge on any atom is -0.493 e. The number of ether oxygens (including phenoxy) is 1. The summed E-state index contributed by atoms with van der Waals surface area (Å²) in [5, 5.41) is 0.587. The zero-order valence-electron chi connectivity index (χ0n) is 12.5. The maximum absolute atomic E-state index is 12.6. The summed E-state index contributed by atoms with van der Waals surface area (Å²) >= 11 is 5.31.